The fraction of sp³-hybridized carbons (Fsp3) is 0.0909. The number of aromatic nitrogens is 2. The maximum absolute atomic E-state index is 13.7. The van der Waals surface area contributed by atoms with Gasteiger partial charge < -0.3 is 0 Å². The van der Waals surface area contributed by atoms with Gasteiger partial charge in [0.15, 0.2) is 0 Å². The summed E-state index contributed by atoms with van der Waals surface area (Å²) in [6, 6.07) is 6.49. The Bertz CT molecular complexity index is 557. The van der Waals surface area contributed by atoms with E-state index in [-0.39, 0.29) is 12.1 Å². The summed E-state index contributed by atoms with van der Waals surface area (Å²) in [5, 5.41) is 13.1. The van der Waals surface area contributed by atoms with Crippen LogP contribution in [0.3, 0.4) is 0 Å². The highest BCUT2D eigenvalue weighted by Crippen LogP contribution is 2.14. The molecule has 5 heteroatoms. The first-order chi connectivity index (χ1) is 7.70. The van der Waals surface area contributed by atoms with Gasteiger partial charge in [-0.15, -0.1) is 0 Å². The molecule has 0 fully saturated rings. The van der Waals surface area contributed by atoms with Gasteiger partial charge in [-0.05, 0) is 6.07 Å². The lowest BCUT2D eigenvalue weighted by Crippen LogP contribution is -2.03. The molecule has 1 heterocycles. The highest BCUT2D eigenvalue weighted by molar-refractivity contribution is 6.30. The molecule has 0 radical (unpaired) electrons. The third kappa shape index (κ3) is 2.05. The minimum atomic E-state index is -0.503. The number of hydrogen-bond donors (Lipinski definition) is 0. The molecule has 0 saturated carbocycles. The first-order valence-electron chi connectivity index (χ1n) is 4.56. The summed E-state index contributed by atoms with van der Waals surface area (Å²) >= 11 is 5.70. The predicted octanol–water partition coefficient (Wildman–Crippen LogP) is 2.60. The molecule has 0 amide bonds. The highest BCUT2D eigenvalue weighted by Gasteiger charge is 2.08. The van der Waals surface area contributed by atoms with Crippen molar-refractivity contribution in [1.82, 2.24) is 9.78 Å². The number of halogens is 2. The Hall–Kier alpha value is -1.86. The molecule has 0 aliphatic rings. The van der Waals surface area contributed by atoms with Gasteiger partial charge in [-0.1, -0.05) is 23.7 Å². The molecular formula is C11H7ClFN3. The van der Waals surface area contributed by atoms with Gasteiger partial charge in [0.05, 0.1) is 23.3 Å². The van der Waals surface area contributed by atoms with E-state index in [1.165, 1.54) is 16.9 Å². The molecule has 2 aromatic rings. The van der Waals surface area contributed by atoms with Crippen LogP contribution in [0.4, 0.5) is 4.39 Å². The van der Waals surface area contributed by atoms with Crippen molar-refractivity contribution in [3.05, 3.63) is 52.6 Å². The zero-order valence-electron chi connectivity index (χ0n) is 8.19. The zero-order chi connectivity index (χ0) is 11.5. The molecule has 0 atom stereocenters. The predicted molar refractivity (Wildman–Crippen MR) is 57.5 cm³/mol. The van der Waals surface area contributed by atoms with E-state index in [2.05, 4.69) is 5.10 Å². The van der Waals surface area contributed by atoms with E-state index in [9.17, 15) is 4.39 Å². The van der Waals surface area contributed by atoms with Gasteiger partial charge in [0, 0.05) is 11.8 Å². The Labute approximate surface area is 96.7 Å². The van der Waals surface area contributed by atoms with Gasteiger partial charge in [0.25, 0.3) is 0 Å². The fourth-order valence-corrected chi connectivity index (χ4v) is 1.54. The Morgan fingerprint density at radius 3 is 2.94 bits per heavy atom. The molecule has 16 heavy (non-hydrogen) atoms. The lowest BCUT2D eigenvalue weighted by atomic mass is 10.1. The summed E-state index contributed by atoms with van der Waals surface area (Å²) in [5.74, 6) is -0.503. The summed E-state index contributed by atoms with van der Waals surface area (Å²) in [6.07, 6.45) is 3.08. The van der Waals surface area contributed by atoms with Gasteiger partial charge >= 0.3 is 0 Å². The summed E-state index contributed by atoms with van der Waals surface area (Å²) < 4.78 is 15.2. The minimum Gasteiger partial charge on any atom is -0.267 e. The molecule has 3 nitrogen and oxygen atoms in total. The second-order valence-corrected chi connectivity index (χ2v) is 3.68. The van der Waals surface area contributed by atoms with Gasteiger partial charge in [-0.3, -0.25) is 4.68 Å². The fourth-order valence-electron chi connectivity index (χ4n) is 1.39. The van der Waals surface area contributed by atoms with Crippen LogP contribution in [-0.4, -0.2) is 9.78 Å². The van der Waals surface area contributed by atoms with Crippen LogP contribution in [0.2, 0.25) is 5.02 Å². The van der Waals surface area contributed by atoms with Gasteiger partial charge in [0.1, 0.15) is 11.9 Å². The van der Waals surface area contributed by atoms with Crippen molar-refractivity contribution in [3.63, 3.8) is 0 Å². The zero-order valence-corrected chi connectivity index (χ0v) is 8.95. The lowest BCUT2D eigenvalue weighted by molar-refractivity contribution is 0.582. The van der Waals surface area contributed by atoms with Crippen molar-refractivity contribution >= 4 is 11.6 Å². The molecule has 80 valence electrons. The average Bonchev–Trinajstić information content (AvgIpc) is 2.67. The number of hydrogen-bond acceptors (Lipinski definition) is 2. The van der Waals surface area contributed by atoms with Crippen molar-refractivity contribution in [3.8, 4) is 6.07 Å². The molecule has 0 aliphatic heterocycles. The van der Waals surface area contributed by atoms with Gasteiger partial charge in [-0.2, -0.15) is 10.4 Å². The van der Waals surface area contributed by atoms with Crippen molar-refractivity contribution in [2.45, 2.75) is 6.54 Å². The maximum atomic E-state index is 13.7. The van der Waals surface area contributed by atoms with E-state index in [1.807, 2.05) is 0 Å². The minimum absolute atomic E-state index is 0.0377. The van der Waals surface area contributed by atoms with Crippen LogP contribution in [0.5, 0.6) is 0 Å². The Morgan fingerprint density at radius 1 is 1.50 bits per heavy atom. The Kier molecular flexibility index (Phi) is 2.88. The molecule has 1 aromatic heterocycles. The van der Waals surface area contributed by atoms with Crippen molar-refractivity contribution in [1.29, 1.82) is 5.26 Å². The van der Waals surface area contributed by atoms with Crippen LogP contribution in [0.15, 0.2) is 30.6 Å². The number of nitriles is 1. The van der Waals surface area contributed by atoms with Gasteiger partial charge in [-0.25, -0.2) is 4.39 Å². The lowest BCUT2D eigenvalue weighted by Gasteiger charge is -2.04. The second kappa shape index (κ2) is 4.33. The maximum Gasteiger partial charge on any atom is 0.146 e. The topological polar surface area (TPSA) is 41.6 Å². The van der Waals surface area contributed by atoms with Crippen LogP contribution < -0.4 is 0 Å². The van der Waals surface area contributed by atoms with Crippen LogP contribution in [0.25, 0.3) is 0 Å². The molecule has 0 aliphatic carbocycles. The number of rotatable bonds is 2. The van der Waals surface area contributed by atoms with E-state index < -0.39 is 5.82 Å². The van der Waals surface area contributed by atoms with Crippen molar-refractivity contribution < 1.29 is 4.39 Å². The third-order valence-electron chi connectivity index (χ3n) is 2.13. The molecule has 0 unspecified atom stereocenters. The van der Waals surface area contributed by atoms with Crippen LogP contribution in [0.1, 0.15) is 11.1 Å². The smallest absolute Gasteiger partial charge is 0.146 e. The number of nitrogens with zero attached hydrogens (tertiary/aromatic N) is 3. The van der Waals surface area contributed by atoms with Gasteiger partial charge in [0.2, 0.25) is 0 Å². The second-order valence-electron chi connectivity index (χ2n) is 3.25. The first-order valence-corrected chi connectivity index (χ1v) is 4.94. The molecule has 0 spiro atoms. The summed E-state index contributed by atoms with van der Waals surface area (Å²) in [5.41, 5.74) is 0.453. The van der Waals surface area contributed by atoms with E-state index in [0.717, 1.165) is 0 Å². The largest absolute Gasteiger partial charge is 0.267 e. The molecule has 0 bridgehead atoms. The third-order valence-corrected chi connectivity index (χ3v) is 2.33. The number of benzene rings is 1. The molecule has 2 rings (SSSR count). The van der Waals surface area contributed by atoms with E-state index in [1.54, 1.807) is 24.4 Å². The molecule has 0 N–H and O–H groups in total. The summed E-state index contributed by atoms with van der Waals surface area (Å²) in [6.45, 7) is 0.258. The summed E-state index contributed by atoms with van der Waals surface area (Å²) in [7, 11) is 0. The Morgan fingerprint density at radius 2 is 2.31 bits per heavy atom. The SMILES string of the molecule is N#Cc1cccc(Cn2cc(Cl)cn2)c1F. The van der Waals surface area contributed by atoms with Crippen molar-refractivity contribution in [2.24, 2.45) is 0 Å². The molecular weight excluding hydrogens is 229 g/mol. The van der Waals surface area contributed by atoms with E-state index in [4.69, 9.17) is 16.9 Å². The molecule has 1 aromatic carbocycles. The molecule has 0 saturated heterocycles. The summed E-state index contributed by atoms with van der Waals surface area (Å²) in [4.78, 5) is 0. The average molecular weight is 236 g/mol. The quantitative estimate of drug-likeness (QED) is 0.803. The van der Waals surface area contributed by atoms with E-state index >= 15 is 0 Å². The van der Waals surface area contributed by atoms with E-state index in [0.29, 0.717) is 10.6 Å². The monoisotopic (exact) mass is 235 g/mol. The first kappa shape index (κ1) is 10.7. The normalized spacial score (nSPS) is 10.1. The van der Waals surface area contributed by atoms with Crippen LogP contribution in [-0.2, 0) is 6.54 Å². The van der Waals surface area contributed by atoms with Crippen molar-refractivity contribution in [2.75, 3.05) is 0 Å². The Balaban J connectivity index is 2.32. The van der Waals surface area contributed by atoms with Crippen LogP contribution in [0, 0.1) is 17.1 Å². The highest BCUT2D eigenvalue weighted by atomic mass is 35.5. The van der Waals surface area contributed by atoms with Crippen LogP contribution >= 0.6 is 11.6 Å². The standard InChI is InChI=1S/C11H7ClFN3/c12-10-5-15-16(7-10)6-9-3-1-2-8(4-14)11(9)13/h1-3,5,7H,6H2.